The number of benzene rings is 1. The molecule has 0 aliphatic carbocycles. The summed E-state index contributed by atoms with van der Waals surface area (Å²) in [6.07, 6.45) is 1.40. The van der Waals surface area contributed by atoms with Crippen molar-refractivity contribution in [3.63, 3.8) is 0 Å². The molecule has 1 aromatic carbocycles. The molecule has 0 saturated heterocycles. The van der Waals surface area contributed by atoms with Crippen LogP contribution in [0.5, 0.6) is 0 Å². The fraction of sp³-hybridized carbons (Fsp3) is 0.357. The lowest BCUT2D eigenvalue weighted by Gasteiger charge is -2.19. The zero-order valence-electron chi connectivity index (χ0n) is 11.5. The Balaban J connectivity index is 2.39. The fourth-order valence-electron chi connectivity index (χ4n) is 2.07. The van der Waals surface area contributed by atoms with Crippen LogP contribution >= 0.6 is 11.6 Å². The van der Waals surface area contributed by atoms with Crippen molar-refractivity contribution in [1.29, 1.82) is 0 Å². The van der Waals surface area contributed by atoms with Crippen molar-refractivity contribution in [2.75, 3.05) is 13.1 Å². The summed E-state index contributed by atoms with van der Waals surface area (Å²) >= 11 is 5.89. The molecule has 106 valence electrons. The van der Waals surface area contributed by atoms with Crippen LogP contribution < -0.4 is 5.56 Å². The molecule has 20 heavy (non-hydrogen) atoms. The van der Waals surface area contributed by atoms with E-state index in [1.165, 1.54) is 10.9 Å². The lowest BCUT2D eigenvalue weighted by atomic mass is 10.2. The van der Waals surface area contributed by atoms with E-state index in [9.17, 15) is 9.59 Å². The molecule has 1 amide bonds. The number of nitrogens with zero attached hydrogens (tertiary/aromatic N) is 3. The highest BCUT2D eigenvalue weighted by Crippen LogP contribution is 2.14. The van der Waals surface area contributed by atoms with E-state index in [1.807, 2.05) is 13.8 Å². The monoisotopic (exact) mass is 293 g/mol. The Morgan fingerprint density at radius 3 is 2.70 bits per heavy atom. The zero-order chi connectivity index (χ0) is 14.7. The second-order valence-corrected chi connectivity index (χ2v) is 4.84. The largest absolute Gasteiger partial charge is 0.342 e. The van der Waals surface area contributed by atoms with Gasteiger partial charge in [-0.2, -0.15) is 0 Å². The molecule has 6 heteroatoms. The SMILES string of the molecule is CCN(CC)C(=O)Cn1cnc2ccc(Cl)cc2c1=O. The molecule has 0 bridgehead atoms. The summed E-state index contributed by atoms with van der Waals surface area (Å²) in [5.41, 5.74) is 0.323. The molecule has 0 fully saturated rings. The van der Waals surface area contributed by atoms with Gasteiger partial charge >= 0.3 is 0 Å². The van der Waals surface area contributed by atoms with Crippen LogP contribution in [0.25, 0.3) is 10.9 Å². The van der Waals surface area contributed by atoms with E-state index in [0.717, 1.165) is 0 Å². The van der Waals surface area contributed by atoms with E-state index < -0.39 is 0 Å². The van der Waals surface area contributed by atoms with Crippen LogP contribution in [-0.4, -0.2) is 33.4 Å². The number of amides is 1. The number of rotatable bonds is 4. The summed E-state index contributed by atoms with van der Waals surface area (Å²) in [6, 6.07) is 4.95. The van der Waals surface area contributed by atoms with Gasteiger partial charge in [0, 0.05) is 18.1 Å². The second-order valence-electron chi connectivity index (χ2n) is 4.41. The minimum atomic E-state index is -0.252. The summed E-state index contributed by atoms with van der Waals surface area (Å²) in [6.45, 7) is 5.05. The Kier molecular flexibility index (Phi) is 4.39. The van der Waals surface area contributed by atoms with Gasteiger partial charge in [-0.3, -0.25) is 14.2 Å². The van der Waals surface area contributed by atoms with Crippen LogP contribution in [0.15, 0.2) is 29.3 Å². The van der Waals surface area contributed by atoms with E-state index in [1.54, 1.807) is 23.1 Å². The first-order valence-electron chi connectivity index (χ1n) is 6.49. The van der Waals surface area contributed by atoms with Crippen LogP contribution in [0, 0.1) is 0 Å². The van der Waals surface area contributed by atoms with Gasteiger partial charge in [0.25, 0.3) is 5.56 Å². The number of likely N-dealkylation sites (N-methyl/N-ethyl adjacent to an activating group) is 1. The van der Waals surface area contributed by atoms with Crippen molar-refractivity contribution in [1.82, 2.24) is 14.5 Å². The minimum absolute atomic E-state index is 0.00400. The third kappa shape index (κ3) is 2.82. The summed E-state index contributed by atoms with van der Waals surface area (Å²) in [5.74, 6) is -0.0970. The number of carbonyl (C=O) groups is 1. The number of halogens is 1. The Bertz CT molecular complexity index is 692. The molecule has 0 aliphatic rings. The zero-order valence-corrected chi connectivity index (χ0v) is 12.2. The Labute approximate surface area is 121 Å². The highest BCUT2D eigenvalue weighted by molar-refractivity contribution is 6.31. The van der Waals surface area contributed by atoms with Gasteiger partial charge in [0.05, 0.1) is 17.2 Å². The molecule has 0 atom stereocenters. The van der Waals surface area contributed by atoms with E-state index >= 15 is 0 Å². The average molecular weight is 294 g/mol. The first-order chi connectivity index (χ1) is 9.56. The predicted octanol–water partition coefficient (Wildman–Crippen LogP) is 1.92. The number of hydrogen-bond donors (Lipinski definition) is 0. The number of aromatic nitrogens is 2. The van der Waals surface area contributed by atoms with Gasteiger partial charge in [-0.25, -0.2) is 4.98 Å². The van der Waals surface area contributed by atoms with Crippen LogP contribution in [-0.2, 0) is 11.3 Å². The van der Waals surface area contributed by atoms with Gasteiger partial charge in [-0.05, 0) is 32.0 Å². The van der Waals surface area contributed by atoms with Crippen molar-refractivity contribution in [3.8, 4) is 0 Å². The van der Waals surface area contributed by atoms with Gasteiger partial charge in [0.2, 0.25) is 5.91 Å². The highest BCUT2D eigenvalue weighted by atomic mass is 35.5. The van der Waals surface area contributed by atoms with Gasteiger partial charge in [0.15, 0.2) is 0 Å². The average Bonchev–Trinajstić information content (AvgIpc) is 2.44. The van der Waals surface area contributed by atoms with Crippen molar-refractivity contribution in [2.45, 2.75) is 20.4 Å². The maximum atomic E-state index is 12.3. The lowest BCUT2D eigenvalue weighted by Crippen LogP contribution is -2.36. The molecule has 1 aromatic heterocycles. The third-order valence-electron chi connectivity index (χ3n) is 3.21. The molecule has 2 rings (SSSR count). The lowest BCUT2D eigenvalue weighted by molar-refractivity contribution is -0.131. The van der Waals surface area contributed by atoms with Crippen molar-refractivity contribution < 1.29 is 4.79 Å². The molecular weight excluding hydrogens is 278 g/mol. The standard InChI is InChI=1S/C14H16ClN3O2/c1-3-17(4-2)13(19)8-18-9-16-12-6-5-10(15)7-11(12)14(18)20/h5-7,9H,3-4,8H2,1-2H3. The maximum absolute atomic E-state index is 12.3. The molecule has 0 saturated carbocycles. The van der Waals surface area contributed by atoms with E-state index in [-0.39, 0.29) is 18.0 Å². The Morgan fingerprint density at radius 1 is 1.35 bits per heavy atom. The second kappa shape index (κ2) is 6.05. The number of carbonyl (C=O) groups excluding carboxylic acids is 1. The topological polar surface area (TPSA) is 55.2 Å². The molecule has 2 aromatic rings. The molecular formula is C14H16ClN3O2. The molecule has 5 nitrogen and oxygen atoms in total. The molecule has 0 unspecified atom stereocenters. The van der Waals surface area contributed by atoms with Crippen LogP contribution in [0.2, 0.25) is 5.02 Å². The molecule has 1 heterocycles. The molecule has 0 radical (unpaired) electrons. The van der Waals surface area contributed by atoms with Gasteiger partial charge in [-0.15, -0.1) is 0 Å². The quantitative estimate of drug-likeness (QED) is 0.865. The normalized spacial score (nSPS) is 10.8. The first-order valence-corrected chi connectivity index (χ1v) is 6.87. The highest BCUT2D eigenvalue weighted by Gasteiger charge is 2.12. The first kappa shape index (κ1) is 14.5. The predicted molar refractivity (Wildman–Crippen MR) is 78.9 cm³/mol. The molecule has 0 aliphatic heterocycles. The maximum Gasteiger partial charge on any atom is 0.261 e. The van der Waals surface area contributed by atoms with E-state index in [4.69, 9.17) is 11.6 Å². The van der Waals surface area contributed by atoms with Crippen LogP contribution in [0.3, 0.4) is 0 Å². The summed E-state index contributed by atoms with van der Waals surface area (Å²) in [5, 5.41) is 0.900. The van der Waals surface area contributed by atoms with Gasteiger partial charge in [0.1, 0.15) is 6.54 Å². The third-order valence-corrected chi connectivity index (χ3v) is 3.44. The minimum Gasteiger partial charge on any atom is -0.342 e. The van der Waals surface area contributed by atoms with Crippen molar-refractivity contribution in [2.24, 2.45) is 0 Å². The summed E-state index contributed by atoms with van der Waals surface area (Å²) in [4.78, 5) is 30.2. The summed E-state index contributed by atoms with van der Waals surface area (Å²) in [7, 11) is 0. The van der Waals surface area contributed by atoms with Crippen molar-refractivity contribution in [3.05, 3.63) is 39.9 Å². The van der Waals surface area contributed by atoms with Gasteiger partial charge < -0.3 is 4.90 Å². The van der Waals surface area contributed by atoms with E-state index in [0.29, 0.717) is 29.0 Å². The fourth-order valence-corrected chi connectivity index (χ4v) is 2.24. The van der Waals surface area contributed by atoms with Gasteiger partial charge in [-0.1, -0.05) is 11.6 Å². The van der Waals surface area contributed by atoms with Crippen molar-refractivity contribution >= 4 is 28.4 Å². The Morgan fingerprint density at radius 2 is 2.05 bits per heavy atom. The van der Waals surface area contributed by atoms with Crippen LogP contribution in [0.1, 0.15) is 13.8 Å². The van der Waals surface area contributed by atoms with Crippen LogP contribution in [0.4, 0.5) is 0 Å². The molecule has 0 N–H and O–H groups in total. The van der Waals surface area contributed by atoms with E-state index in [2.05, 4.69) is 4.98 Å². The summed E-state index contributed by atoms with van der Waals surface area (Å²) < 4.78 is 1.32. The Hall–Kier alpha value is -1.88. The number of fused-ring (bicyclic) bond motifs is 1. The number of hydrogen-bond acceptors (Lipinski definition) is 3. The molecule has 0 spiro atoms. The smallest absolute Gasteiger partial charge is 0.261 e.